The summed E-state index contributed by atoms with van der Waals surface area (Å²) in [6.07, 6.45) is 1.42. The van der Waals surface area contributed by atoms with Crippen LogP contribution < -0.4 is 5.32 Å². The topological polar surface area (TPSA) is 97.0 Å². The Morgan fingerprint density at radius 3 is 2.39 bits per heavy atom. The summed E-state index contributed by atoms with van der Waals surface area (Å²) < 4.78 is 0. The highest BCUT2D eigenvalue weighted by molar-refractivity contribution is 5.83. The zero-order valence-corrected chi connectivity index (χ0v) is 10.2. The highest BCUT2D eigenvalue weighted by Gasteiger charge is 2.27. The molecule has 1 rings (SSSR count). The lowest BCUT2D eigenvalue weighted by molar-refractivity contribution is -0.137. The second-order valence-corrected chi connectivity index (χ2v) is 4.18. The quantitative estimate of drug-likeness (QED) is 0.749. The predicted molar refractivity (Wildman–Crippen MR) is 62.8 cm³/mol. The molecule has 0 spiro atoms. The molecule has 1 atom stereocenters. The smallest absolute Gasteiger partial charge is 0.227 e. The maximum atomic E-state index is 12.2. The van der Waals surface area contributed by atoms with Crippen molar-refractivity contribution in [3.8, 4) is 12.1 Å². The van der Waals surface area contributed by atoms with Gasteiger partial charge in [0.2, 0.25) is 11.8 Å². The van der Waals surface area contributed by atoms with Crippen molar-refractivity contribution in [3.63, 3.8) is 0 Å². The maximum Gasteiger partial charge on any atom is 0.227 e. The number of nitrogens with one attached hydrogen (secondary N) is 1. The van der Waals surface area contributed by atoms with E-state index in [0.29, 0.717) is 32.5 Å². The summed E-state index contributed by atoms with van der Waals surface area (Å²) >= 11 is 0. The molecule has 0 aromatic rings. The lowest BCUT2D eigenvalue weighted by atomic mass is 9.97. The maximum absolute atomic E-state index is 12.2. The van der Waals surface area contributed by atoms with Gasteiger partial charge in [0.1, 0.15) is 0 Å². The van der Waals surface area contributed by atoms with E-state index in [1.807, 2.05) is 12.1 Å². The lowest BCUT2D eigenvalue weighted by Crippen LogP contribution is -2.45. The highest BCUT2D eigenvalue weighted by atomic mass is 16.2. The van der Waals surface area contributed by atoms with Crippen molar-refractivity contribution in [3.05, 3.63) is 0 Å². The second-order valence-electron chi connectivity index (χ2n) is 4.18. The Bertz CT molecular complexity index is 366. The average Bonchev–Trinajstić information content (AvgIpc) is 2.39. The van der Waals surface area contributed by atoms with Gasteiger partial charge in [0.15, 0.2) is 0 Å². The van der Waals surface area contributed by atoms with Crippen molar-refractivity contribution in [2.45, 2.75) is 25.7 Å². The van der Waals surface area contributed by atoms with Crippen LogP contribution in [0.3, 0.4) is 0 Å². The molecule has 1 N–H and O–H groups in total. The largest absolute Gasteiger partial charge is 0.355 e. The monoisotopic (exact) mass is 248 g/mol. The van der Waals surface area contributed by atoms with E-state index in [4.69, 9.17) is 10.5 Å². The van der Waals surface area contributed by atoms with Crippen LogP contribution in [0, 0.1) is 28.6 Å². The third-order valence-electron chi connectivity index (χ3n) is 2.91. The molecule has 6 nitrogen and oxygen atoms in total. The van der Waals surface area contributed by atoms with E-state index in [0.717, 1.165) is 0 Å². The fourth-order valence-corrected chi connectivity index (χ4v) is 1.90. The van der Waals surface area contributed by atoms with E-state index in [-0.39, 0.29) is 30.6 Å². The van der Waals surface area contributed by atoms with Crippen LogP contribution in [0.25, 0.3) is 0 Å². The van der Waals surface area contributed by atoms with Crippen molar-refractivity contribution in [1.82, 2.24) is 10.2 Å². The van der Waals surface area contributed by atoms with E-state index >= 15 is 0 Å². The van der Waals surface area contributed by atoms with Crippen molar-refractivity contribution in [2.75, 3.05) is 19.6 Å². The van der Waals surface area contributed by atoms with Crippen LogP contribution in [0.15, 0.2) is 0 Å². The molecule has 1 heterocycles. The van der Waals surface area contributed by atoms with E-state index in [1.54, 1.807) is 4.90 Å². The number of hydrogen-bond donors (Lipinski definition) is 1. The molecule has 1 fully saturated rings. The minimum Gasteiger partial charge on any atom is -0.355 e. The van der Waals surface area contributed by atoms with Crippen molar-refractivity contribution in [1.29, 1.82) is 10.5 Å². The molecule has 2 amide bonds. The molecule has 6 heteroatoms. The van der Waals surface area contributed by atoms with Crippen LogP contribution in [0.5, 0.6) is 0 Å². The Morgan fingerprint density at radius 1 is 1.33 bits per heavy atom. The molecular weight excluding hydrogens is 232 g/mol. The number of carbonyl (C=O) groups is 2. The van der Waals surface area contributed by atoms with Crippen molar-refractivity contribution < 1.29 is 9.59 Å². The minimum atomic E-state index is -0.222. The number of carbonyl (C=O) groups excluding carboxylic acids is 2. The van der Waals surface area contributed by atoms with Gasteiger partial charge in [-0.25, -0.2) is 0 Å². The van der Waals surface area contributed by atoms with Crippen LogP contribution in [-0.4, -0.2) is 36.3 Å². The molecule has 1 aliphatic rings. The van der Waals surface area contributed by atoms with E-state index in [2.05, 4.69) is 5.32 Å². The summed E-state index contributed by atoms with van der Waals surface area (Å²) in [5, 5.41) is 19.8. The van der Waals surface area contributed by atoms with Crippen LogP contribution in [-0.2, 0) is 9.59 Å². The first kappa shape index (κ1) is 14.0. The second kappa shape index (κ2) is 7.29. The summed E-state index contributed by atoms with van der Waals surface area (Å²) in [6.45, 7) is 1.05. The summed E-state index contributed by atoms with van der Waals surface area (Å²) in [5.41, 5.74) is 0. The predicted octanol–water partition coefficient (Wildman–Crippen LogP) is 0.169. The standard InChI is InChI=1S/C12H16N4O2/c13-5-1-7-16(8-2-6-14)12(18)10-3-4-11(17)15-9-10/h10H,1-4,7-9H2,(H,15,17). The SMILES string of the molecule is N#CCCN(CCC#N)C(=O)C1CCC(=O)NC1. The van der Waals surface area contributed by atoms with E-state index in [9.17, 15) is 9.59 Å². The molecule has 0 aromatic carbocycles. The normalized spacial score (nSPS) is 18.3. The Morgan fingerprint density at radius 2 is 1.94 bits per heavy atom. The fourth-order valence-electron chi connectivity index (χ4n) is 1.90. The first-order chi connectivity index (χ1) is 8.69. The third-order valence-corrected chi connectivity index (χ3v) is 2.91. The zero-order valence-electron chi connectivity index (χ0n) is 10.2. The van der Waals surface area contributed by atoms with Crippen LogP contribution in [0.2, 0.25) is 0 Å². The summed E-state index contributed by atoms with van der Waals surface area (Å²) in [6, 6.07) is 3.99. The van der Waals surface area contributed by atoms with Gasteiger partial charge >= 0.3 is 0 Å². The number of nitrogens with zero attached hydrogens (tertiary/aromatic N) is 3. The summed E-state index contributed by atoms with van der Waals surface area (Å²) in [4.78, 5) is 24.7. The van der Waals surface area contributed by atoms with Crippen molar-refractivity contribution >= 4 is 11.8 Å². The average molecular weight is 248 g/mol. The molecule has 96 valence electrons. The van der Waals surface area contributed by atoms with Crippen LogP contribution >= 0.6 is 0 Å². The molecule has 0 radical (unpaired) electrons. The van der Waals surface area contributed by atoms with Crippen LogP contribution in [0.1, 0.15) is 25.7 Å². The molecule has 0 aromatic heterocycles. The molecule has 1 aliphatic heterocycles. The van der Waals surface area contributed by atoms with E-state index in [1.165, 1.54) is 0 Å². The first-order valence-corrected chi connectivity index (χ1v) is 5.98. The van der Waals surface area contributed by atoms with Gasteiger partial charge in [-0.2, -0.15) is 10.5 Å². The highest BCUT2D eigenvalue weighted by Crippen LogP contribution is 2.14. The van der Waals surface area contributed by atoms with Crippen LogP contribution in [0.4, 0.5) is 0 Å². The number of rotatable bonds is 5. The molecule has 1 unspecified atom stereocenters. The van der Waals surface area contributed by atoms with Gasteiger partial charge < -0.3 is 10.2 Å². The zero-order chi connectivity index (χ0) is 13.4. The van der Waals surface area contributed by atoms with Gasteiger partial charge in [-0.15, -0.1) is 0 Å². The summed E-state index contributed by atoms with van der Waals surface area (Å²) in [5.74, 6) is -0.319. The number of hydrogen-bond acceptors (Lipinski definition) is 4. The van der Waals surface area contributed by atoms with Gasteiger partial charge in [0.25, 0.3) is 0 Å². The molecule has 0 bridgehead atoms. The van der Waals surface area contributed by atoms with Crippen molar-refractivity contribution in [2.24, 2.45) is 5.92 Å². The molecular formula is C12H16N4O2. The van der Waals surface area contributed by atoms with Gasteiger partial charge in [-0.05, 0) is 6.42 Å². The number of amides is 2. The molecule has 0 saturated carbocycles. The first-order valence-electron chi connectivity index (χ1n) is 5.98. The number of piperidine rings is 1. The van der Waals surface area contributed by atoms with Gasteiger partial charge in [0.05, 0.1) is 30.9 Å². The Labute approximate surface area is 106 Å². The lowest BCUT2D eigenvalue weighted by Gasteiger charge is -2.28. The Kier molecular flexibility index (Phi) is 5.66. The Hall–Kier alpha value is -2.08. The Balaban J connectivity index is 2.55. The fraction of sp³-hybridized carbons (Fsp3) is 0.667. The third kappa shape index (κ3) is 4.06. The van der Waals surface area contributed by atoms with E-state index < -0.39 is 0 Å². The van der Waals surface area contributed by atoms with Gasteiger partial charge in [-0.1, -0.05) is 0 Å². The molecule has 0 aliphatic carbocycles. The molecule has 18 heavy (non-hydrogen) atoms. The minimum absolute atomic E-state index is 0.0281. The number of nitriles is 2. The summed E-state index contributed by atoms with van der Waals surface area (Å²) in [7, 11) is 0. The molecule has 1 saturated heterocycles. The van der Waals surface area contributed by atoms with Gasteiger partial charge in [0, 0.05) is 26.1 Å². The van der Waals surface area contributed by atoms with Gasteiger partial charge in [-0.3, -0.25) is 9.59 Å².